The van der Waals surface area contributed by atoms with Crippen LogP contribution in [0.3, 0.4) is 0 Å². The summed E-state index contributed by atoms with van der Waals surface area (Å²) in [6.07, 6.45) is -5.84. The molecule has 273 valence electrons. The van der Waals surface area contributed by atoms with Crippen LogP contribution < -0.4 is 0 Å². The van der Waals surface area contributed by atoms with E-state index in [9.17, 15) is 31.4 Å². The van der Waals surface area contributed by atoms with Crippen LogP contribution in [0.4, 0.5) is 26.3 Å². The molecule has 0 saturated carbocycles. The van der Waals surface area contributed by atoms with E-state index in [4.69, 9.17) is 0 Å². The second kappa shape index (κ2) is 18.2. The maximum atomic E-state index is 13.3. The number of phenols is 1. The normalized spacial score (nSPS) is 11.6. The molecule has 0 aliphatic heterocycles. The van der Waals surface area contributed by atoms with Gasteiger partial charge in [-0.15, -0.1) is 48.0 Å². The van der Waals surface area contributed by atoms with Gasteiger partial charge in [0.25, 0.3) is 0 Å². The van der Waals surface area contributed by atoms with Gasteiger partial charge in [0.2, 0.25) is 0 Å². The molecule has 1 heterocycles. The molecule has 1 aromatic heterocycles. The Morgan fingerprint density at radius 1 is 0.577 bits per heavy atom. The summed E-state index contributed by atoms with van der Waals surface area (Å²) in [4.78, 5) is 4.34. The van der Waals surface area contributed by atoms with Crippen molar-refractivity contribution in [3.05, 3.63) is 155 Å². The summed E-state index contributed by atoms with van der Waals surface area (Å²) < 4.78 is 79.9. The number of hydrogen-bond donors (Lipinski definition) is 1. The molecule has 5 aromatic rings. The van der Waals surface area contributed by atoms with E-state index < -0.39 is 34.5 Å². The van der Waals surface area contributed by atoms with Crippen molar-refractivity contribution in [2.75, 3.05) is 0 Å². The van der Waals surface area contributed by atoms with Gasteiger partial charge in [-0.25, -0.2) is 0 Å². The van der Waals surface area contributed by atoms with Crippen LogP contribution in [-0.2, 0) is 49.4 Å². The van der Waals surface area contributed by atoms with Crippen molar-refractivity contribution in [3.8, 4) is 28.3 Å². The van der Waals surface area contributed by atoms with Crippen molar-refractivity contribution in [1.29, 1.82) is 0 Å². The Bertz CT molecular complexity index is 1780. The summed E-state index contributed by atoms with van der Waals surface area (Å²) >= 11 is 0. The Labute approximate surface area is 323 Å². The zero-order valence-electron chi connectivity index (χ0n) is 30.6. The molecular weight excluding hydrogens is 752 g/mol. The third-order valence-corrected chi connectivity index (χ3v) is 7.85. The first-order valence-corrected chi connectivity index (χ1v) is 16.4. The fourth-order valence-corrected chi connectivity index (χ4v) is 4.88. The first-order valence-electron chi connectivity index (χ1n) is 16.4. The van der Waals surface area contributed by atoms with Gasteiger partial charge in [-0.2, -0.15) is 74.6 Å². The van der Waals surface area contributed by atoms with Crippen LogP contribution >= 0.6 is 0 Å². The number of hydrogen-bond acceptors (Lipinski definition) is 2. The van der Waals surface area contributed by atoms with Gasteiger partial charge in [-0.05, 0) is 45.3 Å². The third-order valence-electron chi connectivity index (χ3n) is 7.85. The second-order valence-electron chi connectivity index (χ2n) is 13.9. The van der Waals surface area contributed by atoms with Crippen molar-refractivity contribution in [2.45, 2.75) is 78.6 Å². The number of aromatic hydroxyl groups is 1. The van der Waals surface area contributed by atoms with Crippen molar-refractivity contribution >= 4 is 0 Å². The van der Waals surface area contributed by atoms with Crippen LogP contribution in [0.15, 0.2) is 103 Å². The predicted octanol–water partition coefficient (Wildman–Crippen LogP) is 13.1. The van der Waals surface area contributed by atoms with Crippen molar-refractivity contribution < 1.29 is 57.7 Å². The van der Waals surface area contributed by atoms with E-state index in [0.717, 1.165) is 5.56 Å². The standard InChI is InChI=1S/C27H26F6NO.2C8H9.Zr/c1-24(2,3)16-13-19(23(35)20(14-16)25(4,5)6)22-9-7-8-21(34-22)15-10-17(26(28,29)30)12-18(11-15)27(31,32)33;2*1-2-8-6-4-3-5-7-8;/h7-10,12-14,35H,1-6H3;2*2-7H,1H3;/q3*-1;+3. The van der Waals surface area contributed by atoms with Crippen LogP contribution in [0.1, 0.15) is 88.8 Å². The number of rotatable bonds is 4. The topological polar surface area (TPSA) is 33.1 Å². The Kier molecular flexibility index (Phi) is 15.5. The maximum Gasteiger partial charge on any atom is 3.00 e. The SMILES string of the molecule is CC(C)(C)c1cc(-c2cccc(-c3[c-]c(C(F)(F)F)cc(C(F)(F)F)c3)n2)c(O)c(C(C)(C)C)c1.C[CH-]c1ccccc1.C[CH-]c1ccccc1.[Zr+3]. The Balaban J connectivity index is 0.000000449. The minimum atomic E-state index is -5.02. The number of nitrogens with zero attached hydrogens (tertiary/aromatic N) is 1. The van der Waals surface area contributed by atoms with E-state index in [-0.39, 0.29) is 54.8 Å². The molecule has 0 amide bonds. The van der Waals surface area contributed by atoms with Crippen molar-refractivity contribution in [2.24, 2.45) is 0 Å². The fraction of sp³-hybridized carbons (Fsp3) is 0.279. The van der Waals surface area contributed by atoms with Gasteiger partial charge in [-0.1, -0.05) is 85.7 Å². The zero-order chi connectivity index (χ0) is 38.2. The van der Waals surface area contributed by atoms with Crippen LogP contribution in [0.2, 0.25) is 0 Å². The molecule has 0 aliphatic carbocycles. The summed E-state index contributed by atoms with van der Waals surface area (Å²) in [5, 5.41) is 11.1. The zero-order valence-corrected chi connectivity index (χ0v) is 33.1. The number of phenolic OH excluding ortho intramolecular Hbond substituents is 1. The Morgan fingerprint density at radius 3 is 1.48 bits per heavy atom. The largest absolute Gasteiger partial charge is 3.00 e. The number of alkyl halides is 6. The molecule has 0 unspecified atom stereocenters. The first kappa shape index (κ1) is 44.2. The van der Waals surface area contributed by atoms with Crippen molar-refractivity contribution in [1.82, 2.24) is 4.98 Å². The minimum absolute atomic E-state index is 0. The third kappa shape index (κ3) is 12.6. The smallest absolute Gasteiger partial charge is 0.507 e. The van der Waals surface area contributed by atoms with E-state index in [1.165, 1.54) is 23.3 Å². The summed E-state index contributed by atoms with van der Waals surface area (Å²) in [6.45, 7) is 15.8. The van der Waals surface area contributed by atoms with Gasteiger partial charge in [0.15, 0.2) is 0 Å². The molecule has 0 saturated heterocycles. The van der Waals surface area contributed by atoms with Crippen LogP contribution in [0.25, 0.3) is 22.5 Å². The Morgan fingerprint density at radius 2 is 1.08 bits per heavy atom. The number of halogens is 6. The van der Waals surface area contributed by atoms with Crippen LogP contribution in [0, 0.1) is 18.9 Å². The summed E-state index contributed by atoms with van der Waals surface area (Å²) in [6, 6.07) is 31.1. The Hall–Kier alpha value is -3.97. The first-order chi connectivity index (χ1) is 23.6. The predicted molar refractivity (Wildman–Crippen MR) is 194 cm³/mol. The van der Waals surface area contributed by atoms with E-state index in [2.05, 4.69) is 42.1 Å². The average Bonchev–Trinajstić information content (AvgIpc) is 3.07. The molecule has 1 N–H and O–H groups in total. The van der Waals surface area contributed by atoms with Gasteiger partial charge in [-0.3, -0.25) is 4.98 Å². The molecular formula is C43H44F6NOZr. The van der Waals surface area contributed by atoms with Crippen molar-refractivity contribution in [3.63, 3.8) is 0 Å². The maximum absolute atomic E-state index is 13.3. The number of benzene rings is 4. The van der Waals surface area contributed by atoms with Crippen LogP contribution in [-0.4, -0.2) is 10.1 Å². The molecule has 0 bridgehead atoms. The van der Waals surface area contributed by atoms with E-state index in [1.807, 2.05) is 104 Å². The molecule has 0 atom stereocenters. The van der Waals surface area contributed by atoms with Crippen LogP contribution in [0.5, 0.6) is 5.75 Å². The molecule has 5 rings (SSSR count). The fourth-order valence-electron chi connectivity index (χ4n) is 4.88. The van der Waals surface area contributed by atoms with Gasteiger partial charge in [0.05, 0.1) is 5.69 Å². The number of aromatic nitrogens is 1. The van der Waals surface area contributed by atoms with Gasteiger partial charge in [0, 0.05) is 11.1 Å². The summed E-state index contributed by atoms with van der Waals surface area (Å²) in [5.41, 5.74) is 0.381. The average molecular weight is 796 g/mol. The molecule has 0 spiro atoms. The minimum Gasteiger partial charge on any atom is -0.507 e. The molecule has 2 nitrogen and oxygen atoms in total. The molecule has 1 radical (unpaired) electrons. The summed E-state index contributed by atoms with van der Waals surface area (Å²) in [7, 11) is 0. The van der Waals surface area contributed by atoms with Gasteiger partial charge in [0.1, 0.15) is 5.75 Å². The summed E-state index contributed by atoms with van der Waals surface area (Å²) in [5.74, 6) is -0.0425. The van der Waals surface area contributed by atoms with Gasteiger partial charge >= 0.3 is 38.6 Å². The van der Waals surface area contributed by atoms with E-state index in [0.29, 0.717) is 17.2 Å². The monoisotopic (exact) mass is 794 g/mol. The molecule has 0 aliphatic rings. The second-order valence-corrected chi connectivity index (χ2v) is 13.9. The molecule has 4 aromatic carbocycles. The quantitative estimate of drug-likeness (QED) is 0.145. The van der Waals surface area contributed by atoms with E-state index in [1.54, 1.807) is 12.1 Å². The molecule has 52 heavy (non-hydrogen) atoms. The van der Waals surface area contributed by atoms with Gasteiger partial charge < -0.3 is 5.11 Å². The molecule has 0 fully saturated rings. The molecule has 9 heteroatoms. The number of pyridine rings is 1. The van der Waals surface area contributed by atoms with E-state index >= 15 is 0 Å².